The van der Waals surface area contributed by atoms with Crippen LogP contribution in [0.25, 0.3) is 0 Å². The average molecular weight is 253 g/mol. The lowest BCUT2D eigenvalue weighted by molar-refractivity contribution is 0.555. The molecule has 17 heavy (non-hydrogen) atoms. The van der Waals surface area contributed by atoms with Crippen molar-refractivity contribution in [3.8, 4) is 0 Å². The van der Waals surface area contributed by atoms with Gasteiger partial charge in [-0.05, 0) is 39.7 Å². The minimum atomic E-state index is 0.595. The topological polar surface area (TPSA) is 37.8 Å². The largest absolute Gasteiger partial charge is 0.313 e. The zero-order valence-corrected chi connectivity index (χ0v) is 12.3. The van der Waals surface area contributed by atoms with Gasteiger partial charge in [-0.3, -0.25) is 0 Å². The Morgan fingerprint density at radius 1 is 1.18 bits per heavy atom. The third-order valence-corrected chi connectivity index (χ3v) is 3.90. The van der Waals surface area contributed by atoms with Crippen LogP contribution in [0.15, 0.2) is 5.16 Å². The van der Waals surface area contributed by atoms with Crippen LogP contribution in [0.1, 0.15) is 37.2 Å². The molecule has 0 aliphatic carbocycles. The average Bonchev–Trinajstić information content (AvgIpc) is 2.31. The summed E-state index contributed by atoms with van der Waals surface area (Å²) in [6, 6.07) is 0.595. The predicted octanol–water partition coefficient (Wildman–Crippen LogP) is 2.88. The number of aromatic nitrogens is 2. The Kier molecular flexibility index (Phi) is 5.92. The first-order chi connectivity index (χ1) is 8.04. The lowest BCUT2D eigenvalue weighted by atomic mass is 10.2. The molecule has 1 atom stereocenters. The molecule has 0 aliphatic rings. The quantitative estimate of drug-likeness (QED) is 0.480. The van der Waals surface area contributed by atoms with Gasteiger partial charge in [-0.2, -0.15) is 0 Å². The number of hydrogen-bond acceptors (Lipinski definition) is 4. The van der Waals surface area contributed by atoms with Crippen LogP contribution in [0.5, 0.6) is 0 Å². The molecule has 1 aromatic rings. The van der Waals surface area contributed by atoms with Crippen molar-refractivity contribution < 1.29 is 0 Å². The Hall–Kier alpha value is -0.610. The van der Waals surface area contributed by atoms with E-state index in [2.05, 4.69) is 36.1 Å². The second-order valence-corrected chi connectivity index (χ2v) is 5.48. The Morgan fingerprint density at radius 3 is 2.29 bits per heavy atom. The number of nitrogens with zero attached hydrogens (tertiary/aromatic N) is 2. The maximum absolute atomic E-state index is 4.49. The minimum Gasteiger partial charge on any atom is -0.313 e. The zero-order chi connectivity index (χ0) is 12.8. The highest BCUT2D eigenvalue weighted by Gasteiger charge is 2.05. The van der Waals surface area contributed by atoms with Gasteiger partial charge in [-0.15, -0.1) is 0 Å². The molecule has 0 bridgehead atoms. The van der Waals surface area contributed by atoms with Gasteiger partial charge < -0.3 is 5.32 Å². The number of hydrogen-bond donors (Lipinski definition) is 1. The highest BCUT2D eigenvalue weighted by molar-refractivity contribution is 7.99. The van der Waals surface area contributed by atoms with Gasteiger partial charge in [0.25, 0.3) is 0 Å². The van der Waals surface area contributed by atoms with E-state index >= 15 is 0 Å². The van der Waals surface area contributed by atoms with Gasteiger partial charge >= 0.3 is 0 Å². The molecule has 0 saturated heterocycles. The Labute approximate surface area is 109 Å². The third kappa shape index (κ3) is 4.64. The molecule has 0 amide bonds. The number of thioether (sulfide) groups is 1. The van der Waals surface area contributed by atoms with Gasteiger partial charge in [-0.25, -0.2) is 9.97 Å². The predicted molar refractivity (Wildman–Crippen MR) is 74.7 cm³/mol. The third-order valence-electron chi connectivity index (χ3n) is 3.05. The molecule has 1 aromatic heterocycles. The summed E-state index contributed by atoms with van der Waals surface area (Å²) in [6.45, 7) is 11.6. The maximum Gasteiger partial charge on any atom is 0.188 e. The fourth-order valence-corrected chi connectivity index (χ4v) is 2.20. The van der Waals surface area contributed by atoms with E-state index in [1.165, 1.54) is 12.0 Å². The molecule has 3 nitrogen and oxygen atoms in total. The van der Waals surface area contributed by atoms with Gasteiger partial charge in [-0.1, -0.05) is 18.7 Å². The molecule has 96 valence electrons. The minimum absolute atomic E-state index is 0.595. The van der Waals surface area contributed by atoms with Crippen molar-refractivity contribution in [3.63, 3.8) is 0 Å². The molecule has 0 aliphatic heterocycles. The molecular formula is C13H23N3S. The summed E-state index contributed by atoms with van der Waals surface area (Å²) >= 11 is 1.73. The fraction of sp³-hybridized carbons (Fsp3) is 0.692. The molecule has 0 spiro atoms. The monoisotopic (exact) mass is 253 g/mol. The summed E-state index contributed by atoms with van der Waals surface area (Å²) in [5, 5.41) is 4.37. The van der Waals surface area contributed by atoms with E-state index in [9.17, 15) is 0 Å². The van der Waals surface area contributed by atoms with Crippen molar-refractivity contribution in [2.45, 2.75) is 52.2 Å². The number of nitrogens with one attached hydrogen (secondary N) is 1. The molecule has 0 aromatic carbocycles. The van der Waals surface area contributed by atoms with Crippen molar-refractivity contribution in [3.05, 3.63) is 17.0 Å². The van der Waals surface area contributed by atoms with Crippen LogP contribution < -0.4 is 5.32 Å². The molecule has 1 unspecified atom stereocenters. The lowest BCUT2D eigenvalue weighted by Crippen LogP contribution is -2.27. The van der Waals surface area contributed by atoms with Gasteiger partial charge in [0.15, 0.2) is 5.16 Å². The first-order valence-corrected chi connectivity index (χ1v) is 7.21. The second kappa shape index (κ2) is 6.97. The molecular weight excluding hydrogens is 230 g/mol. The molecule has 0 fully saturated rings. The first-order valence-electron chi connectivity index (χ1n) is 6.22. The Balaban J connectivity index is 2.42. The SMILES string of the molecule is CCC(C)NCCSc1nc(C)c(C)c(C)n1. The summed E-state index contributed by atoms with van der Waals surface area (Å²) in [5.74, 6) is 1.02. The van der Waals surface area contributed by atoms with E-state index in [0.717, 1.165) is 28.8 Å². The molecule has 1 heterocycles. The van der Waals surface area contributed by atoms with E-state index < -0.39 is 0 Å². The summed E-state index contributed by atoms with van der Waals surface area (Å²) in [6.07, 6.45) is 1.17. The summed E-state index contributed by atoms with van der Waals surface area (Å²) in [4.78, 5) is 8.99. The van der Waals surface area contributed by atoms with Gasteiger partial charge in [0.05, 0.1) is 0 Å². The van der Waals surface area contributed by atoms with Crippen molar-refractivity contribution in [2.24, 2.45) is 0 Å². The van der Waals surface area contributed by atoms with Crippen molar-refractivity contribution in [2.75, 3.05) is 12.3 Å². The fourth-order valence-electron chi connectivity index (χ4n) is 1.40. The van der Waals surface area contributed by atoms with E-state index in [0.29, 0.717) is 6.04 Å². The molecule has 0 saturated carbocycles. The van der Waals surface area contributed by atoms with E-state index in [4.69, 9.17) is 0 Å². The molecule has 1 rings (SSSR count). The van der Waals surface area contributed by atoms with Crippen LogP contribution >= 0.6 is 11.8 Å². The van der Waals surface area contributed by atoms with Crippen LogP contribution in [0.2, 0.25) is 0 Å². The number of rotatable bonds is 6. The van der Waals surface area contributed by atoms with Crippen molar-refractivity contribution >= 4 is 11.8 Å². The number of aryl methyl sites for hydroxylation is 2. The summed E-state index contributed by atoms with van der Waals surface area (Å²) in [7, 11) is 0. The summed E-state index contributed by atoms with van der Waals surface area (Å²) in [5.41, 5.74) is 3.39. The highest BCUT2D eigenvalue weighted by atomic mass is 32.2. The van der Waals surface area contributed by atoms with Crippen LogP contribution in [0.4, 0.5) is 0 Å². The van der Waals surface area contributed by atoms with Crippen LogP contribution in [0.3, 0.4) is 0 Å². The van der Waals surface area contributed by atoms with E-state index in [1.807, 2.05) is 13.8 Å². The van der Waals surface area contributed by atoms with E-state index in [-0.39, 0.29) is 0 Å². The van der Waals surface area contributed by atoms with Crippen LogP contribution in [0, 0.1) is 20.8 Å². The van der Waals surface area contributed by atoms with Crippen molar-refractivity contribution in [1.29, 1.82) is 0 Å². The normalized spacial score (nSPS) is 12.8. The molecule has 1 N–H and O–H groups in total. The van der Waals surface area contributed by atoms with Crippen molar-refractivity contribution in [1.82, 2.24) is 15.3 Å². The lowest BCUT2D eigenvalue weighted by Gasteiger charge is -2.11. The van der Waals surface area contributed by atoms with Gasteiger partial charge in [0.2, 0.25) is 0 Å². The van der Waals surface area contributed by atoms with Crippen LogP contribution in [-0.2, 0) is 0 Å². The Bertz CT molecular complexity index is 343. The Morgan fingerprint density at radius 2 is 1.76 bits per heavy atom. The first kappa shape index (κ1) is 14.5. The van der Waals surface area contributed by atoms with Crippen LogP contribution in [-0.4, -0.2) is 28.3 Å². The second-order valence-electron chi connectivity index (χ2n) is 4.41. The maximum atomic E-state index is 4.49. The molecule has 4 heteroatoms. The molecule has 0 radical (unpaired) electrons. The zero-order valence-electron chi connectivity index (χ0n) is 11.5. The standard InChI is InChI=1S/C13H23N3S/c1-6-9(2)14-7-8-17-13-15-11(4)10(3)12(5)16-13/h9,14H,6-8H2,1-5H3. The summed E-state index contributed by atoms with van der Waals surface area (Å²) < 4.78 is 0. The van der Waals surface area contributed by atoms with Gasteiger partial charge in [0, 0.05) is 29.7 Å². The highest BCUT2D eigenvalue weighted by Crippen LogP contribution is 2.16. The van der Waals surface area contributed by atoms with Gasteiger partial charge in [0.1, 0.15) is 0 Å². The smallest absolute Gasteiger partial charge is 0.188 e. The van der Waals surface area contributed by atoms with E-state index in [1.54, 1.807) is 11.8 Å².